The van der Waals surface area contributed by atoms with Gasteiger partial charge >= 0.3 is 0 Å². The number of nitrogens with two attached hydrogens (primary N) is 1. The molecule has 4 nitrogen and oxygen atoms in total. The van der Waals surface area contributed by atoms with E-state index < -0.39 is 0 Å². The van der Waals surface area contributed by atoms with Crippen molar-refractivity contribution in [2.75, 3.05) is 11.1 Å². The largest absolute Gasteiger partial charge is 0.480 e. The third-order valence-electron chi connectivity index (χ3n) is 3.83. The van der Waals surface area contributed by atoms with Crippen LogP contribution in [-0.4, -0.2) is 11.9 Å². The number of nitrogens with zero attached hydrogens (tertiary/aromatic N) is 1. The monoisotopic (exact) mass is 295 g/mol. The van der Waals surface area contributed by atoms with Gasteiger partial charge in [0.25, 0.3) is 0 Å². The third kappa shape index (κ3) is 2.77. The summed E-state index contributed by atoms with van der Waals surface area (Å²) < 4.78 is 6.04. The summed E-state index contributed by atoms with van der Waals surface area (Å²) in [7, 11) is 0. The van der Waals surface area contributed by atoms with Gasteiger partial charge in [-0.15, -0.1) is 0 Å². The normalized spacial score (nSPS) is 16.5. The van der Waals surface area contributed by atoms with Crippen molar-refractivity contribution in [1.29, 1.82) is 0 Å². The number of ether oxygens (including phenoxy) is 1. The first kappa shape index (κ1) is 14.4. The van der Waals surface area contributed by atoms with E-state index in [1.165, 1.54) is 11.1 Å². The van der Waals surface area contributed by atoms with E-state index >= 15 is 0 Å². The maximum atomic E-state index is 6.04. The van der Waals surface area contributed by atoms with Gasteiger partial charge in [-0.2, -0.15) is 0 Å². The summed E-state index contributed by atoms with van der Waals surface area (Å²) in [6.45, 7) is 6.25. The number of hydrogen-bond donors (Lipinski definition) is 2. The second kappa shape index (κ2) is 5.72. The van der Waals surface area contributed by atoms with E-state index in [0.717, 1.165) is 29.4 Å². The Labute approximate surface area is 131 Å². The fourth-order valence-corrected chi connectivity index (χ4v) is 2.52. The van der Waals surface area contributed by atoms with Gasteiger partial charge in [0.15, 0.2) is 6.10 Å². The molecule has 1 aliphatic rings. The first-order valence-corrected chi connectivity index (χ1v) is 7.56. The summed E-state index contributed by atoms with van der Waals surface area (Å²) in [4.78, 5) is 4.73. The van der Waals surface area contributed by atoms with Gasteiger partial charge in [-0.25, -0.2) is 4.99 Å². The highest BCUT2D eigenvalue weighted by Gasteiger charge is 2.23. The Hall–Kier alpha value is -2.49. The molecule has 0 radical (unpaired) electrons. The lowest BCUT2D eigenvalue weighted by Crippen LogP contribution is -2.34. The summed E-state index contributed by atoms with van der Waals surface area (Å²) in [5, 5.41) is 3.44. The highest BCUT2D eigenvalue weighted by molar-refractivity contribution is 6.02. The van der Waals surface area contributed by atoms with Crippen molar-refractivity contribution in [3.05, 3.63) is 47.5 Å². The van der Waals surface area contributed by atoms with Crippen LogP contribution in [0.1, 0.15) is 24.5 Å². The number of rotatable bonds is 2. The van der Waals surface area contributed by atoms with Crippen molar-refractivity contribution in [3.8, 4) is 5.75 Å². The lowest BCUT2D eigenvalue weighted by Gasteiger charge is -2.26. The lowest BCUT2D eigenvalue weighted by atomic mass is 10.1. The fraction of sp³-hybridized carbons (Fsp3) is 0.278. The number of nitrogen functional groups attached to an aromatic ring is 1. The number of aliphatic imine (C=N–C) groups is 1. The molecule has 2 aromatic rings. The average Bonchev–Trinajstić information content (AvgIpc) is 2.50. The number of fused-ring (bicyclic) bond motifs is 1. The zero-order valence-corrected chi connectivity index (χ0v) is 13.2. The van der Waals surface area contributed by atoms with Gasteiger partial charge in [0.05, 0.1) is 0 Å². The molecule has 0 aliphatic carbocycles. The van der Waals surface area contributed by atoms with Crippen LogP contribution in [0, 0.1) is 13.8 Å². The van der Waals surface area contributed by atoms with E-state index in [1.807, 2.05) is 18.2 Å². The molecule has 1 heterocycles. The molecule has 3 rings (SSSR count). The zero-order valence-electron chi connectivity index (χ0n) is 13.2. The molecular formula is C18H21N3O. The molecule has 0 bridgehead atoms. The standard InChI is InChI=1S/C18H21N3O/c1-4-16-18(21-15-9-11(2)5-6-12(15)3)20-14-8-7-13(19)10-17(14)22-16/h5-10,16H,4,19H2,1-3H3,(H,20,21). The van der Waals surface area contributed by atoms with Crippen molar-refractivity contribution >= 4 is 22.9 Å². The van der Waals surface area contributed by atoms with Gasteiger partial charge in [-0.05, 0) is 49.6 Å². The van der Waals surface area contributed by atoms with Crippen LogP contribution in [0.15, 0.2) is 41.4 Å². The number of benzene rings is 2. The highest BCUT2D eigenvalue weighted by atomic mass is 16.5. The number of hydrogen-bond acceptors (Lipinski definition) is 4. The molecule has 0 saturated heterocycles. The van der Waals surface area contributed by atoms with Crippen molar-refractivity contribution in [2.45, 2.75) is 33.3 Å². The first-order chi connectivity index (χ1) is 10.6. The highest BCUT2D eigenvalue weighted by Crippen LogP contribution is 2.35. The molecule has 1 atom stereocenters. The molecule has 0 aromatic heterocycles. The molecule has 0 saturated carbocycles. The van der Waals surface area contributed by atoms with E-state index in [2.05, 4.69) is 44.3 Å². The van der Waals surface area contributed by atoms with Gasteiger partial charge < -0.3 is 15.8 Å². The predicted octanol–water partition coefficient (Wildman–Crippen LogP) is 4.20. The SMILES string of the molecule is CCC1Oc2cc(N)ccc2N=C1Nc1cc(C)ccc1C. The molecule has 114 valence electrons. The van der Waals surface area contributed by atoms with Crippen LogP contribution in [0.3, 0.4) is 0 Å². The summed E-state index contributed by atoms with van der Waals surface area (Å²) in [6, 6.07) is 11.9. The summed E-state index contributed by atoms with van der Waals surface area (Å²) in [5.41, 5.74) is 10.8. The third-order valence-corrected chi connectivity index (χ3v) is 3.83. The van der Waals surface area contributed by atoms with E-state index in [0.29, 0.717) is 5.69 Å². The molecule has 3 N–H and O–H groups in total. The molecule has 2 aromatic carbocycles. The Bertz CT molecular complexity index is 737. The van der Waals surface area contributed by atoms with E-state index in [9.17, 15) is 0 Å². The molecule has 1 aliphatic heterocycles. The van der Waals surface area contributed by atoms with Crippen molar-refractivity contribution in [2.24, 2.45) is 4.99 Å². The number of aryl methyl sites for hydroxylation is 2. The fourth-order valence-electron chi connectivity index (χ4n) is 2.52. The van der Waals surface area contributed by atoms with Crippen LogP contribution >= 0.6 is 0 Å². The Kier molecular flexibility index (Phi) is 3.75. The smallest absolute Gasteiger partial charge is 0.156 e. The summed E-state index contributed by atoms with van der Waals surface area (Å²) in [5.74, 6) is 1.59. The Morgan fingerprint density at radius 3 is 2.77 bits per heavy atom. The topological polar surface area (TPSA) is 59.6 Å². The maximum Gasteiger partial charge on any atom is 0.156 e. The Morgan fingerprint density at radius 2 is 2.00 bits per heavy atom. The molecular weight excluding hydrogens is 274 g/mol. The van der Waals surface area contributed by atoms with Crippen molar-refractivity contribution < 1.29 is 4.74 Å². The van der Waals surface area contributed by atoms with Crippen molar-refractivity contribution in [3.63, 3.8) is 0 Å². The molecule has 4 heteroatoms. The van der Waals surface area contributed by atoms with E-state index in [1.54, 1.807) is 0 Å². The summed E-state index contributed by atoms with van der Waals surface area (Å²) >= 11 is 0. The van der Waals surface area contributed by atoms with Crippen LogP contribution in [-0.2, 0) is 0 Å². The van der Waals surface area contributed by atoms with Crippen LogP contribution in [0.5, 0.6) is 5.75 Å². The molecule has 22 heavy (non-hydrogen) atoms. The lowest BCUT2D eigenvalue weighted by molar-refractivity contribution is 0.259. The summed E-state index contributed by atoms with van der Waals surface area (Å²) in [6.07, 6.45) is 0.750. The maximum absolute atomic E-state index is 6.04. The van der Waals surface area contributed by atoms with Gasteiger partial charge in [0.2, 0.25) is 0 Å². The number of amidine groups is 1. The Morgan fingerprint density at radius 1 is 1.18 bits per heavy atom. The van der Waals surface area contributed by atoms with Crippen LogP contribution in [0.2, 0.25) is 0 Å². The minimum absolute atomic E-state index is 0.0887. The number of nitrogens with one attached hydrogen (secondary N) is 1. The second-order valence-corrected chi connectivity index (χ2v) is 5.68. The predicted molar refractivity (Wildman–Crippen MR) is 92.2 cm³/mol. The van der Waals surface area contributed by atoms with Crippen LogP contribution in [0.25, 0.3) is 0 Å². The first-order valence-electron chi connectivity index (χ1n) is 7.56. The van der Waals surface area contributed by atoms with Crippen molar-refractivity contribution in [1.82, 2.24) is 0 Å². The van der Waals surface area contributed by atoms with Crippen LogP contribution in [0.4, 0.5) is 17.1 Å². The second-order valence-electron chi connectivity index (χ2n) is 5.68. The average molecular weight is 295 g/mol. The van der Waals surface area contributed by atoms with Gasteiger partial charge in [0, 0.05) is 17.4 Å². The minimum atomic E-state index is -0.0887. The molecule has 0 spiro atoms. The van der Waals surface area contributed by atoms with Gasteiger partial charge in [-0.1, -0.05) is 19.1 Å². The molecule has 1 unspecified atom stereocenters. The molecule has 0 amide bonds. The number of anilines is 2. The van der Waals surface area contributed by atoms with Gasteiger partial charge in [0.1, 0.15) is 17.3 Å². The Balaban J connectivity index is 1.97. The zero-order chi connectivity index (χ0) is 15.7. The van der Waals surface area contributed by atoms with Gasteiger partial charge in [-0.3, -0.25) is 0 Å². The minimum Gasteiger partial charge on any atom is -0.480 e. The quantitative estimate of drug-likeness (QED) is 0.816. The molecule has 0 fully saturated rings. The van der Waals surface area contributed by atoms with Crippen LogP contribution < -0.4 is 15.8 Å². The van der Waals surface area contributed by atoms with E-state index in [-0.39, 0.29) is 6.10 Å². The van der Waals surface area contributed by atoms with E-state index in [4.69, 9.17) is 15.5 Å².